The van der Waals surface area contributed by atoms with Crippen molar-refractivity contribution in [2.75, 3.05) is 19.7 Å². The zero-order valence-electron chi connectivity index (χ0n) is 16.2. The van der Waals surface area contributed by atoms with Gasteiger partial charge in [-0.15, -0.1) is 0 Å². The minimum Gasteiger partial charge on any atom is -0.456 e. The van der Waals surface area contributed by atoms with Crippen molar-refractivity contribution in [3.63, 3.8) is 0 Å². The van der Waals surface area contributed by atoms with Gasteiger partial charge in [-0.2, -0.15) is 0 Å². The van der Waals surface area contributed by atoms with Crippen molar-refractivity contribution >= 4 is 23.7 Å². The highest BCUT2D eigenvalue weighted by molar-refractivity contribution is 6.05. The smallest absolute Gasteiger partial charge is 0.308 e. The van der Waals surface area contributed by atoms with Crippen LogP contribution in [0.15, 0.2) is 24.3 Å². The number of halogens is 1. The molecule has 0 unspecified atom stereocenters. The standard InChI is InChI=1S/C21H25FN2O5/c22-15-7-5-14(6-8-15)9-11-23-18(25)13-29-19(26)10-12-24-20(27)16-3-1-2-4-17(16)21(24)28/h5-8,16-17H,1-4,9-13H2,(H,23,25)/t16-,17-/m0/s1. The number of esters is 1. The molecule has 0 radical (unpaired) electrons. The number of benzene rings is 1. The van der Waals surface area contributed by atoms with Crippen molar-refractivity contribution < 1.29 is 28.3 Å². The number of hydrogen-bond donors (Lipinski definition) is 1. The number of amides is 3. The Labute approximate surface area is 168 Å². The fourth-order valence-corrected chi connectivity index (χ4v) is 3.92. The zero-order valence-corrected chi connectivity index (χ0v) is 16.2. The Balaban J connectivity index is 1.33. The minimum atomic E-state index is -0.630. The van der Waals surface area contributed by atoms with Gasteiger partial charge < -0.3 is 10.1 Å². The van der Waals surface area contributed by atoms with Crippen LogP contribution in [0.1, 0.15) is 37.7 Å². The quantitative estimate of drug-likeness (QED) is 0.525. The van der Waals surface area contributed by atoms with Gasteiger partial charge >= 0.3 is 5.97 Å². The van der Waals surface area contributed by atoms with Crippen LogP contribution in [0.5, 0.6) is 0 Å². The number of imide groups is 1. The van der Waals surface area contributed by atoms with Crippen LogP contribution in [0.4, 0.5) is 4.39 Å². The third-order valence-electron chi connectivity index (χ3n) is 5.49. The van der Waals surface area contributed by atoms with Gasteiger partial charge in [0.15, 0.2) is 6.61 Å². The lowest BCUT2D eigenvalue weighted by Crippen LogP contribution is -2.34. The number of ether oxygens (including phenoxy) is 1. The van der Waals surface area contributed by atoms with Crippen LogP contribution < -0.4 is 5.32 Å². The Hall–Kier alpha value is -2.77. The Morgan fingerprint density at radius 3 is 2.31 bits per heavy atom. The van der Waals surface area contributed by atoms with Gasteiger partial charge in [-0.05, 0) is 37.0 Å². The van der Waals surface area contributed by atoms with E-state index in [9.17, 15) is 23.6 Å². The molecule has 2 aliphatic rings. The van der Waals surface area contributed by atoms with E-state index in [4.69, 9.17) is 4.74 Å². The summed E-state index contributed by atoms with van der Waals surface area (Å²) in [5.41, 5.74) is 0.879. The fraction of sp³-hybridized carbons (Fsp3) is 0.524. The molecule has 8 heteroatoms. The summed E-state index contributed by atoms with van der Waals surface area (Å²) in [5.74, 6) is -2.25. The number of carbonyl (C=O) groups is 4. The van der Waals surface area contributed by atoms with Crippen LogP contribution in [0.25, 0.3) is 0 Å². The molecule has 0 spiro atoms. The molecule has 1 saturated heterocycles. The first-order valence-corrected chi connectivity index (χ1v) is 9.97. The van der Waals surface area contributed by atoms with E-state index in [1.54, 1.807) is 12.1 Å². The topological polar surface area (TPSA) is 92.8 Å². The molecule has 1 saturated carbocycles. The lowest BCUT2D eigenvalue weighted by atomic mass is 9.81. The number of nitrogens with one attached hydrogen (secondary N) is 1. The van der Waals surface area contributed by atoms with Gasteiger partial charge in [-0.1, -0.05) is 25.0 Å². The van der Waals surface area contributed by atoms with E-state index in [1.165, 1.54) is 17.0 Å². The molecule has 3 amide bonds. The van der Waals surface area contributed by atoms with Gasteiger partial charge in [0.25, 0.3) is 5.91 Å². The van der Waals surface area contributed by atoms with Crippen LogP contribution in [0, 0.1) is 17.7 Å². The molecule has 1 aliphatic heterocycles. The summed E-state index contributed by atoms with van der Waals surface area (Å²) in [7, 11) is 0. The Morgan fingerprint density at radius 2 is 1.69 bits per heavy atom. The van der Waals surface area contributed by atoms with Crippen LogP contribution in [0.3, 0.4) is 0 Å². The van der Waals surface area contributed by atoms with E-state index in [0.717, 1.165) is 31.2 Å². The maximum absolute atomic E-state index is 12.8. The summed E-state index contributed by atoms with van der Waals surface area (Å²) in [4.78, 5) is 49.5. The van der Waals surface area contributed by atoms with E-state index in [1.807, 2.05) is 0 Å². The molecule has 29 heavy (non-hydrogen) atoms. The summed E-state index contributed by atoms with van der Waals surface area (Å²) in [6, 6.07) is 5.98. The monoisotopic (exact) mass is 404 g/mol. The number of nitrogens with zero attached hydrogens (tertiary/aromatic N) is 1. The van der Waals surface area contributed by atoms with E-state index in [0.29, 0.717) is 13.0 Å². The molecule has 2 fully saturated rings. The zero-order chi connectivity index (χ0) is 20.8. The molecule has 156 valence electrons. The average Bonchev–Trinajstić information content (AvgIpc) is 2.97. The highest BCUT2D eigenvalue weighted by Crippen LogP contribution is 2.37. The molecule has 1 heterocycles. The minimum absolute atomic E-state index is 0.00428. The summed E-state index contributed by atoms with van der Waals surface area (Å²) in [6.07, 6.45) is 3.77. The third-order valence-corrected chi connectivity index (χ3v) is 5.49. The van der Waals surface area contributed by atoms with Crippen molar-refractivity contribution in [3.05, 3.63) is 35.6 Å². The van der Waals surface area contributed by atoms with Gasteiger partial charge in [0.2, 0.25) is 11.8 Å². The Kier molecular flexibility index (Phi) is 6.95. The van der Waals surface area contributed by atoms with Crippen molar-refractivity contribution in [2.45, 2.75) is 38.5 Å². The molecular formula is C21H25FN2O5. The predicted molar refractivity (Wildman–Crippen MR) is 101 cm³/mol. The molecule has 1 N–H and O–H groups in total. The highest BCUT2D eigenvalue weighted by atomic mass is 19.1. The molecule has 1 aromatic carbocycles. The van der Waals surface area contributed by atoms with Crippen molar-refractivity contribution in [2.24, 2.45) is 11.8 Å². The highest BCUT2D eigenvalue weighted by Gasteiger charge is 2.47. The first-order chi connectivity index (χ1) is 14.0. The summed E-state index contributed by atoms with van der Waals surface area (Å²) >= 11 is 0. The van der Waals surface area contributed by atoms with Gasteiger partial charge in [0.1, 0.15) is 5.82 Å². The van der Waals surface area contributed by atoms with Gasteiger partial charge in [-0.3, -0.25) is 24.1 Å². The Bertz CT molecular complexity index is 756. The maximum atomic E-state index is 12.8. The van der Waals surface area contributed by atoms with Gasteiger partial charge in [-0.25, -0.2) is 4.39 Å². The predicted octanol–water partition coefficient (Wildman–Crippen LogP) is 1.59. The van der Waals surface area contributed by atoms with Crippen LogP contribution >= 0.6 is 0 Å². The lowest BCUT2D eigenvalue weighted by Gasteiger charge is -2.19. The molecule has 2 atom stereocenters. The van der Waals surface area contributed by atoms with E-state index < -0.39 is 18.5 Å². The van der Waals surface area contributed by atoms with Crippen LogP contribution in [-0.4, -0.2) is 48.3 Å². The largest absolute Gasteiger partial charge is 0.456 e. The second kappa shape index (κ2) is 9.62. The molecular weight excluding hydrogens is 379 g/mol. The molecule has 0 aromatic heterocycles. The number of hydrogen-bond acceptors (Lipinski definition) is 5. The van der Waals surface area contributed by atoms with Crippen LogP contribution in [-0.2, 0) is 30.3 Å². The molecule has 3 rings (SSSR count). The van der Waals surface area contributed by atoms with E-state index in [-0.39, 0.29) is 42.4 Å². The fourth-order valence-electron chi connectivity index (χ4n) is 3.92. The number of fused-ring (bicyclic) bond motifs is 1. The molecule has 1 aromatic rings. The first kappa shape index (κ1) is 21.0. The SMILES string of the molecule is O=C(COC(=O)CCN1C(=O)[C@H]2CCCC[C@@H]2C1=O)NCCc1ccc(F)cc1. The number of rotatable bonds is 8. The maximum Gasteiger partial charge on any atom is 0.308 e. The summed E-state index contributed by atoms with van der Waals surface area (Å²) in [5, 5.41) is 2.62. The van der Waals surface area contributed by atoms with Crippen LogP contribution in [0.2, 0.25) is 0 Å². The normalized spacial score (nSPS) is 21.1. The van der Waals surface area contributed by atoms with Gasteiger partial charge in [0.05, 0.1) is 18.3 Å². The van der Waals surface area contributed by atoms with E-state index in [2.05, 4.69) is 5.32 Å². The van der Waals surface area contributed by atoms with Crippen molar-refractivity contribution in [3.8, 4) is 0 Å². The van der Waals surface area contributed by atoms with E-state index >= 15 is 0 Å². The van der Waals surface area contributed by atoms with Crippen molar-refractivity contribution in [1.29, 1.82) is 0 Å². The number of likely N-dealkylation sites (tertiary alicyclic amines) is 1. The third kappa shape index (κ3) is 5.40. The number of carbonyl (C=O) groups excluding carboxylic acids is 4. The molecule has 7 nitrogen and oxygen atoms in total. The molecule has 0 bridgehead atoms. The van der Waals surface area contributed by atoms with Gasteiger partial charge in [0, 0.05) is 13.1 Å². The Morgan fingerprint density at radius 1 is 1.07 bits per heavy atom. The average molecular weight is 404 g/mol. The first-order valence-electron chi connectivity index (χ1n) is 9.97. The lowest BCUT2D eigenvalue weighted by molar-refractivity contribution is -0.149. The second-order valence-corrected chi connectivity index (χ2v) is 7.46. The van der Waals surface area contributed by atoms with Crippen molar-refractivity contribution in [1.82, 2.24) is 10.2 Å². The molecule has 1 aliphatic carbocycles. The summed E-state index contributed by atoms with van der Waals surface area (Å²) < 4.78 is 17.8. The second-order valence-electron chi connectivity index (χ2n) is 7.46. The summed E-state index contributed by atoms with van der Waals surface area (Å²) in [6.45, 7) is -0.0906.